The number of aromatic nitrogens is 3. The van der Waals surface area contributed by atoms with Crippen molar-refractivity contribution in [1.82, 2.24) is 19.2 Å². The molecule has 0 aromatic carbocycles. The van der Waals surface area contributed by atoms with Crippen LogP contribution in [0.15, 0.2) is 0 Å². The minimum Gasteiger partial charge on any atom is -0.307 e. The average Bonchev–Trinajstić information content (AvgIpc) is 3.07. The molecule has 2 heterocycles. The van der Waals surface area contributed by atoms with Gasteiger partial charge in [-0.1, -0.05) is 26.2 Å². The standard InChI is InChI=1S/C16H28N4O2S2/c1-3-19(14-7-5-4-6-8-14)12-20-16(23)18(2)15(17-20)13-9-10-24(21,22)11-13/h13-14H,3-12H2,1-2H3. The average molecular weight is 373 g/mol. The summed E-state index contributed by atoms with van der Waals surface area (Å²) in [7, 11) is -1.01. The number of hydrogen-bond acceptors (Lipinski definition) is 5. The zero-order valence-electron chi connectivity index (χ0n) is 14.6. The van der Waals surface area contributed by atoms with E-state index in [4.69, 9.17) is 17.3 Å². The lowest BCUT2D eigenvalue weighted by Gasteiger charge is -2.33. The SMILES string of the molecule is CCN(Cn1nc(C2CCS(=O)(=O)C2)n(C)c1=S)C1CCCCC1. The van der Waals surface area contributed by atoms with E-state index in [0.29, 0.717) is 23.9 Å². The van der Waals surface area contributed by atoms with Crippen LogP contribution in [0.2, 0.25) is 0 Å². The molecule has 0 bridgehead atoms. The minimum absolute atomic E-state index is 0.0206. The molecule has 6 nitrogen and oxygen atoms in total. The van der Waals surface area contributed by atoms with Gasteiger partial charge in [-0.15, -0.1) is 0 Å². The van der Waals surface area contributed by atoms with Gasteiger partial charge >= 0.3 is 0 Å². The van der Waals surface area contributed by atoms with E-state index in [1.807, 2.05) is 16.3 Å². The highest BCUT2D eigenvalue weighted by molar-refractivity contribution is 7.91. The predicted molar refractivity (Wildman–Crippen MR) is 97.3 cm³/mol. The molecule has 0 N–H and O–H groups in total. The van der Waals surface area contributed by atoms with Crippen LogP contribution in [0.3, 0.4) is 0 Å². The van der Waals surface area contributed by atoms with Crippen LogP contribution in [0.25, 0.3) is 0 Å². The summed E-state index contributed by atoms with van der Waals surface area (Å²) in [5, 5.41) is 4.71. The summed E-state index contributed by atoms with van der Waals surface area (Å²) in [5.74, 6) is 1.26. The normalized spacial score (nSPS) is 24.7. The fraction of sp³-hybridized carbons (Fsp3) is 0.875. The molecule has 0 spiro atoms. The molecule has 1 atom stereocenters. The van der Waals surface area contributed by atoms with Crippen LogP contribution < -0.4 is 0 Å². The molecule has 2 fully saturated rings. The molecule has 8 heteroatoms. The lowest BCUT2D eigenvalue weighted by atomic mass is 9.94. The van der Waals surface area contributed by atoms with Gasteiger partial charge in [0, 0.05) is 19.0 Å². The fourth-order valence-corrected chi connectivity index (χ4v) is 5.97. The summed E-state index contributed by atoms with van der Waals surface area (Å²) < 4.78 is 28.0. The van der Waals surface area contributed by atoms with Crippen LogP contribution in [0.1, 0.15) is 57.2 Å². The summed E-state index contributed by atoms with van der Waals surface area (Å²) in [6.45, 7) is 3.87. The summed E-state index contributed by atoms with van der Waals surface area (Å²) in [5.41, 5.74) is 0. The van der Waals surface area contributed by atoms with Crippen LogP contribution in [0.5, 0.6) is 0 Å². The smallest absolute Gasteiger partial charge is 0.198 e. The van der Waals surface area contributed by atoms with E-state index in [0.717, 1.165) is 12.4 Å². The van der Waals surface area contributed by atoms with E-state index in [2.05, 4.69) is 11.8 Å². The molecular weight excluding hydrogens is 344 g/mol. The van der Waals surface area contributed by atoms with Crippen molar-refractivity contribution >= 4 is 22.1 Å². The zero-order valence-corrected chi connectivity index (χ0v) is 16.3. The molecule has 1 saturated heterocycles. The Morgan fingerprint density at radius 2 is 1.96 bits per heavy atom. The van der Waals surface area contributed by atoms with Crippen molar-refractivity contribution in [3.05, 3.63) is 10.6 Å². The van der Waals surface area contributed by atoms with E-state index < -0.39 is 9.84 Å². The van der Waals surface area contributed by atoms with Crippen molar-refractivity contribution in [2.75, 3.05) is 18.1 Å². The van der Waals surface area contributed by atoms with Crippen LogP contribution in [-0.2, 0) is 23.6 Å². The second-order valence-corrected chi connectivity index (χ2v) is 9.73. The van der Waals surface area contributed by atoms with Gasteiger partial charge in [0.25, 0.3) is 0 Å². The first-order valence-electron chi connectivity index (χ1n) is 8.99. The molecular formula is C16H28N4O2S2. The summed E-state index contributed by atoms with van der Waals surface area (Å²) in [6, 6.07) is 0.614. The van der Waals surface area contributed by atoms with Crippen molar-refractivity contribution in [2.45, 2.75) is 64.1 Å². The van der Waals surface area contributed by atoms with Gasteiger partial charge in [0.05, 0.1) is 18.2 Å². The Morgan fingerprint density at radius 1 is 1.25 bits per heavy atom. The Balaban J connectivity index is 1.79. The highest BCUT2D eigenvalue weighted by atomic mass is 32.2. The maximum atomic E-state index is 11.8. The Bertz CT molecular complexity index is 732. The first-order chi connectivity index (χ1) is 11.4. The van der Waals surface area contributed by atoms with Crippen molar-refractivity contribution in [3.8, 4) is 0 Å². The van der Waals surface area contributed by atoms with Gasteiger partial charge in [-0.3, -0.25) is 4.90 Å². The van der Waals surface area contributed by atoms with Gasteiger partial charge < -0.3 is 4.57 Å². The van der Waals surface area contributed by atoms with E-state index >= 15 is 0 Å². The highest BCUT2D eigenvalue weighted by Crippen LogP contribution is 2.28. The number of nitrogens with zero attached hydrogens (tertiary/aromatic N) is 4. The molecule has 1 aromatic heterocycles. The monoisotopic (exact) mass is 372 g/mol. The minimum atomic E-state index is -2.92. The molecule has 1 aromatic rings. The predicted octanol–water partition coefficient (Wildman–Crippen LogP) is 2.47. The van der Waals surface area contributed by atoms with E-state index in [9.17, 15) is 8.42 Å². The third-order valence-corrected chi connectivity index (χ3v) is 7.74. The summed E-state index contributed by atoms with van der Waals surface area (Å²) in [4.78, 5) is 2.46. The molecule has 1 aliphatic carbocycles. The third-order valence-electron chi connectivity index (χ3n) is 5.49. The topological polar surface area (TPSA) is 60.1 Å². The first-order valence-corrected chi connectivity index (χ1v) is 11.2. The second-order valence-electron chi connectivity index (χ2n) is 7.14. The molecule has 0 amide bonds. The van der Waals surface area contributed by atoms with Gasteiger partial charge in [0.15, 0.2) is 14.6 Å². The van der Waals surface area contributed by atoms with E-state index in [-0.39, 0.29) is 17.4 Å². The van der Waals surface area contributed by atoms with Crippen LogP contribution in [0, 0.1) is 4.77 Å². The van der Waals surface area contributed by atoms with Crippen molar-refractivity contribution in [3.63, 3.8) is 0 Å². The molecule has 0 radical (unpaired) electrons. The number of rotatable bonds is 5. The van der Waals surface area contributed by atoms with Crippen molar-refractivity contribution in [2.24, 2.45) is 7.05 Å². The van der Waals surface area contributed by atoms with Crippen molar-refractivity contribution < 1.29 is 8.42 Å². The first kappa shape index (κ1) is 18.1. The lowest BCUT2D eigenvalue weighted by molar-refractivity contribution is 0.118. The molecule has 1 saturated carbocycles. The fourth-order valence-electron chi connectivity index (χ4n) is 4.04. The zero-order chi connectivity index (χ0) is 17.3. The van der Waals surface area contributed by atoms with Crippen LogP contribution in [-0.4, -0.2) is 51.8 Å². The second kappa shape index (κ2) is 7.25. The molecule has 2 aliphatic rings. The number of hydrogen-bond donors (Lipinski definition) is 0. The van der Waals surface area contributed by atoms with Crippen molar-refractivity contribution in [1.29, 1.82) is 0 Å². The maximum absolute atomic E-state index is 11.8. The lowest BCUT2D eigenvalue weighted by Crippen LogP contribution is -2.38. The molecule has 1 aliphatic heterocycles. The Morgan fingerprint density at radius 3 is 2.54 bits per heavy atom. The Kier molecular flexibility index (Phi) is 5.46. The molecule has 136 valence electrons. The molecule has 3 rings (SSSR count). The van der Waals surface area contributed by atoms with E-state index in [1.165, 1.54) is 32.1 Å². The van der Waals surface area contributed by atoms with Crippen LogP contribution >= 0.6 is 12.2 Å². The van der Waals surface area contributed by atoms with Gasteiger partial charge in [0.2, 0.25) is 0 Å². The maximum Gasteiger partial charge on any atom is 0.198 e. The van der Waals surface area contributed by atoms with Gasteiger partial charge in [-0.05, 0) is 38.0 Å². The number of sulfone groups is 1. The van der Waals surface area contributed by atoms with Gasteiger partial charge in [0.1, 0.15) is 5.82 Å². The third kappa shape index (κ3) is 3.75. The van der Waals surface area contributed by atoms with Crippen LogP contribution in [0.4, 0.5) is 0 Å². The summed E-state index contributed by atoms with van der Waals surface area (Å²) in [6.07, 6.45) is 7.11. The quantitative estimate of drug-likeness (QED) is 0.743. The summed E-state index contributed by atoms with van der Waals surface area (Å²) >= 11 is 5.56. The molecule has 24 heavy (non-hydrogen) atoms. The van der Waals surface area contributed by atoms with Gasteiger partial charge in [-0.25, -0.2) is 13.1 Å². The molecule has 1 unspecified atom stereocenters. The Labute approximate surface area is 149 Å². The largest absolute Gasteiger partial charge is 0.307 e. The van der Waals surface area contributed by atoms with E-state index in [1.54, 1.807) is 0 Å². The Hall–Kier alpha value is -0.730. The highest BCUT2D eigenvalue weighted by Gasteiger charge is 2.32. The van der Waals surface area contributed by atoms with Gasteiger partial charge in [-0.2, -0.15) is 5.10 Å².